The highest BCUT2D eigenvalue weighted by Crippen LogP contribution is 2.58. The molecule has 0 aliphatic heterocycles. The summed E-state index contributed by atoms with van der Waals surface area (Å²) in [5, 5.41) is 44.9. The summed E-state index contributed by atoms with van der Waals surface area (Å²) in [5.41, 5.74) is -19.3. The Morgan fingerprint density at radius 3 is 0.619 bits per heavy atom. The van der Waals surface area contributed by atoms with Crippen LogP contribution in [-0.4, -0.2) is 123 Å². The second kappa shape index (κ2) is 44.7. The Hall–Kier alpha value is -11.4. The van der Waals surface area contributed by atoms with Gasteiger partial charge in [-0.1, -0.05) is 233 Å². The van der Waals surface area contributed by atoms with E-state index in [9.17, 15) is 39.6 Å². The van der Waals surface area contributed by atoms with Gasteiger partial charge in [-0.3, -0.25) is 52.7 Å². The number of hydrogen-bond donors (Lipinski definition) is 4. The lowest BCUT2D eigenvalue weighted by atomic mass is 9.56. The van der Waals surface area contributed by atoms with E-state index in [1.165, 1.54) is 69.2 Å². The van der Waals surface area contributed by atoms with Crippen LogP contribution in [0.4, 0.5) is 0 Å². The van der Waals surface area contributed by atoms with Crippen molar-refractivity contribution in [1.29, 1.82) is 0 Å². The van der Waals surface area contributed by atoms with Crippen molar-refractivity contribution in [1.82, 2.24) is 4.90 Å². The van der Waals surface area contributed by atoms with Gasteiger partial charge in [-0.15, -0.1) is 0 Å². The standard InChI is InChI=1S/C102H129NO23/c1-16-93(6,84(111)119-55-73-40-26-19-27-41-73)64-96(9,85(112)120-56-74-42-28-20-29-43-74)67-98(11,86(113)121-57-75-44-30-21-31-45-75)69-100(13,88(115)123-59-77-48-34-23-35-49-77)71-102(15,90(117)125-61-79-52-38-25-39-53-79)72-101(14,89(116)124-60-78-50-36-24-37-51-78)70-99(12,87(114)122-58-76-46-32-22-33-47-76)68-97(10,91(118)126-62-80(104)54-103(17-2)18-3)66-95(8,83(109)110)65-94(7,82(107)108)63-92(4,5)81(105)106/h19-53,80,104H,16-18,54-72H2,1-15H3,(H,105,106)(H,107,108)(H,109,110). The highest BCUT2D eigenvalue weighted by Gasteiger charge is 2.62. The minimum atomic E-state index is -2.34. The first-order valence-corrected chi connectivity index (χ1v) is 43.0. The minimum absolute atomic E-state index is 0.0106. The van der Waals surface area contributed by atoms with Crippen LogP contribution in [0, 0.1) is 59.6 Å². The van der Waals surface area contributed by atoms with Crippen LogP contribution >= 0.6 is 0 Å². The van der Waals surface area contributed by atoms with E-state index in [0.29, 0.717) is 52.0 Å². The van der Waals surface area contributed by atoms with Gasteiger partial charge in [-0.2, -0.15) is 0 Å². The van der Waals surface area contributed by atoms with E-state index in [2.05, 4.69) is 0 Å². The number of hydrogen-bond acceptors (Lipinski definition) is 21. The molecule has 24 nitrogen and oxygen atoms in total. The van der Waals surface area contributed by atoms with E-state index in [-0.39, 0.29) is 45.8 Å². The Labute approximate surface area is 741 Å². The summed E-state index contributed by atoms with van der Waals surface area (Å²) < 4.78 is 50.6. The smallest absolute Gasteiger partial charge is 0.312 e. The average Bonchev–Trinajstić information content (AvgIpc) is 0.776. The number of aliphatic hydroxyl groups is 1. The van der Waals surface area contributed by atoms with Gasteiger partial charge in [0.25, 0.3) is 0 Å². The lowest BCUT2D eigenvalue weighted by Gasteiger charge is -2.47. The topological polar surface area (TPSA) is 346 Å². The van der Waals surface area contributed by atoms with Crippen LogP contribution in [0.5, 0.6) is 0 Å². The maximum Gasteiger partial charge on any atom is 0.312 e. The maximum absolute atomic E-state index is 16.6. The van der Waals surface area contributed by atoms with Crippen molar-refractivity contribution in [3.8, 4) is 0 Å². The number of ether oxygens (including phenoxy) is 8. The van der Waals surface area contributed by atoms with Crippen molar-refractivity contribution < 1.29 is 111 Å². The van der Waals surface area contributed by atoms with E-state index in [0.717, 1.165) is 0 Å². The van der Waals surface area contributed by atoms with Gasteiger partial charge in [0.15, 0.2) is 0 Å². The molecule has 0 aromatic heterocycles. The molecule has 0 aliphatic rings. The summed E-state index contributed by atoms with van der Waals surface area (Å²) in [6.07, 6.45) is -8.08. The SMILES string of the molecule is CCN(CC)CC(O)COC(=O)C(C)(CC(C)(CC(C)(CC(C)(C)C(=O)O)C(=O)O)C(=O)O)CC(C)(CC(C)(CC(C)(CC(C)(CC(C)(CC(C)(CC(C)(CC)C(=O)OCc1ccccc1)C(=O)OCc1ccccc1)C(=O)OCc1ccccc1)C(=O)OCc1ccccc1)C(=O)OCc1ccccc1)C(=O)OCc1ccccc1)C(=O)OCc1ccccc1. The molecule has 126 heavy (non-hydrogen) atoms. The minimum Gasteiger partial charge on any atom is -0.481 e. The molecular formula is C102H129NO23. The third kappa shape index (κ3) is 28.6. The zero-order valence-electron chi connectivity index (χ0n) is 75.8. The number of aliphatic carboxylic acids is 3. The molecule has 0 saturated carbocycles. The molecule has 0 fully saturated rings. The molecule has 0 saturated heterocycles. The summed E-state index contributed by atoms with van der Waals surface area (Å²) in [6, 6.07) is 61.0. The first-order valence-electron chi connectivity index (χ1n) is 43.0. The zero-order valence-corrected chi connectivity index (χ0v) is 75.8. The van der Waals surface area contributed by atoms with Crippen molar-refractivity contribution in [2.45, 2.75) is 227 Å². The summed E-state index contributed by atoms with van der Waals surface area (Å²) in [4.78, 5) is 172. The second-order valence-electron chi connectivity index (χ2n) is 37.7. The predicted octanol–water partition coefficient (Wildman–Crippen LogP) is 18.1. The number of carboxylic acid groups (broad SMARTS) is 3. The van der Waals surface area contributed by atoms with Crippen LogP contribution < -0.4 is 0 Å². The van der Waals surface area contributed by atoms with Crippen molar-refractivity contribution in [3.05, 3.63) is 251 Å². The molecule has 11 unspecified atom stereocenters. The Morgan fingerprint density at radius 1 is 0.254 bits per heavy atom. The lowest BCUT2D eigenvalue weighted by molar-refractivity contribution is -0.178. The van der Waals surface area contributed by atoms with E-state index in [4.69, 9.17) is 37.9 Å². The van der Waals surface area contributed by atoms with Crippen LogP contribution in [0.1, 0.15) is 213 Å². The number of benzene rings is 7. The van der Waals surface area contributed by atoms with Gasteiger partial charge in [-0.05, 0) is 206 Å². The fourth-order valence-electron chi connectivity index (χ4n) is 18.5. The molecule has 4 N–H and O–H groups in total. The molecule has 7 aromatic carbocycles. The van der Waals surface area contributed by atoms with Crippen LogP contribution in [-0.2, 0) is 137 Å². The normalized spacial score (nSPS) is 16.6. The number of nitrogens with zero attached hydrogens (tertiary/aromatic N) is 1. The van der Waals surface area contributed by atoms with Crippen LogP contribution in [0.3, 0.4) is 0 Å². The molecule has 0 amide bonds. The fraction of sp³-hybridized carbons (Fsp3) is 0.480. The number of carbonyl (C=O) groups is 11. The molecule has 11 atom stereocenters. The number of aliphatic hydroxyl groups excluding tert-OH is 1. The van der Waals surface area contributed by atoms with Crippen molar-refractivity contribution >= 4 is 65.7 Å². The number of esters is 8. The molecule has 0 spiro atoms. The van der Waals surface area contributed by atoms with Crippen molar-refractivity contribution in [2.24, 2.45) is 59.6 Å². The van der Waals surface area contributed by atoms with Crippen molar-refractivity contribution in [3.63, 3.8) is 0 Å². The van der Waals surface area contributed by atoms with Gasteiger partial charge < -0.3 is 63.2 Å². The summed E-state index contributed by atoms with van der Waals surface area (Å²) in [6.45, 7) is 20.3. The third-order valence-electron chi connectivity index (χ3n) is 24.4. The average molecular weight is 1740 g/mol. The molecule has 0 radical (unpaired) electrons. The summed E-state index contributed by atoms with van der Waals surface area (Å²) in [5.74, 6) is -12.4. The monoisotopic (exact) mass is 1740 g/mol. The van der Waals surface area contributed by atoms with E-state index < -0.39 is 216 Å². The van der Waals surface area contributed by atoms with Gasteiger partial charge in [0.05, 0.1) is 59.6 Å². The third-order valence-corrected chi connectivity index (χ3v) is 24.4. The second-order valence-corrected chi connectivity index (χ2v) is 37.7. The van der Waals surface area contributed by atoms with Gasteiger partial charge >= 0.3 is 65.7 Å². The molecule has 680 valence electrons. The Bertz CT molecular complexity index is 4760. The van der Waals surface area contributed by atoms with E-state index in [1.807, 2.05) is 24.8 Å². The lowest BCUT2D eigenvalue weighted by Crippen LogP contribution is -2.51. The first-order chi connectivity index (χ1) is 59.3. The van der Waals surface area contributed by atoms with Crippen LogP contribution in [0.15, 0.2) is 212 Å². The molecule has 7 rings (SSSR count). The van der Waals surface area contributed by atoms with Gasteiger partial charge in [0, 0.05) is 6.54 Å². The maximum atomic E-state index is 16.6. The zero-order chi connectivity index (χ0) is 93.0. The number of likely N-dealkylation sites (N-methyl/N-ethyl adjacent to an activating group) is 1. The number of rotatable bonds is 52. The molecule has 0 aliphatic carbocycles. The van der Waals surface area contributed by atoms with Crippen molar-refractivity contribution in [2.75, 3.05) is 26.2 Å². The van der Waals surface area contributed by atoms with Gasteiger partial charge in [0.2, 0.25) is 0 Å². The van der Waals surface area contributed by atoms with Gasteiger partial charge in [-0.25, -0.2) is 0 Å². The largest absolute Gasteiger partial charge is 0.481 e. The highest BCUT2D eigenvalue weighted by atomic mass is 16.6. The number of carboxylic acids is 3. The Morgan fingerprint density at radius 2 is 0.429 bits per heavy atom. The van der Waals surface area contributed by atoms with Gasteiger partial charge in [0.1, 0.15) is 59.0 Å². The summed E-state index contributed by atoms with van der Waals surface area (Å²) >= 11 is 0. The highest BCUT2D eigenvalue weighted by molar-refractivity contribution is 5.88. The fourth-order valence-corrected chi connectivity index (χ4v) is 18.5. The molecule has 24 heteroatoms. The quantitative estimate of drug-likeness (QED) is 0.0203. The van der Waals surface area contributed by atoms with Crippen LogP contribution in [0.25, 0.3) is 0 Å². The molecule has 0 heterocycles. The first kappa shape index (κ1) is 102. The molecular weight excluding hydrogens is 1610 g/mol. The van der Waals surface area contributed by atoms with Crippen LogP contribution in [0.2, 0.25) is 0 Å². The number of carbonyl (C=O) groups excluding carboxylic acids is 8. The van der Waals surface area contributed by atoms with E-state index in [1.54, 1.807) is 227 Å². The Kier molecular flexibility index (Phi) is 36.1. The Balaban J connectivity index is 1.53. The predicted molar refractivity (Wildman–Crippen MR) is 473 cm³/mol. The molecule has 7 aromatic rings. The van der Waals surface area contributed by atoms with E-state index >= 15 is 33.6 Å². The summed E-state index contributed by atoms with van der Waals surface area (Å²) in [7, 11) is 0. The molecule has 0 bridgehead atoms.